The average Bonchev–Trinajstić information content (AvgIpc) is 3.26. The van der Waals surface area contributed by atoms with Gasteiger partial charge in [-0.05, 0) is 61.1 Å². The van der Waals surface area contributed by atoms with Gasteiger partial charge >= 0.3 is 0 Å². The molecule has 5 nitrogen and oxygen atoms in total. The molecule has 0 bridgehead atoms. The summed E-state index contributed by atoms with van der Waals surface area (Å²) in [5.41, 5.74) is 5.51. The smallest absolute Gasteiger partial charge is 0.164 e. The molecule has 0 fully saturated rings. The zero-order chi connectivity index (χ0) is 22.6. The first-order valence-corrected chi connectivity index (χ1v) is 11.5. The van der Waals surface area contributed by atoms with Crippen molar-refractivity contribution in [3.05, 3.63) is 95.5 Å². The van der Waals surface area contributed by atoms with E-state index >= 15 is 0 Å². The number of pyridine rings is 1. The SMILES string of the molecule is COc1ccc(N(Cc2ccccn2)C2=CC(=O)CCC2)cc1OC1CCc2ccccc21. The van der Waals surface area contributed by atoms with Gasteiger partial charge in [-0.15, -0.1) is 0 Å². The van der Waals surface area contributed by atoms with E-state index in [9.17, 15) is 4.79 Å². The maximum atomic E-state index is 12.2. The third-order valence-electron chi connectivity index (χ3n) is 6.38. The number of aryl methyl sites for hydroxylation is 1. The standard InChI is InChI=1S/C28H28N2O3/c1-32-27-15-13-23(18-28(27)33-26-14-12-20-7-2-3-11-25(20)26)30(19-21-8-4-5-16-29-21)22-9-6-10-24(31)17-22/h2-5,7-8,11,13,15-18,26H,6,9-10,12,14,19H2,1H3. The summed E-state index contributed by atoms with van der Waals surface area (Å²) in [6, 6.07) is 20.4. The van der Waals surface area contributed by atoms with Crippen LogP contribution in [0.2, 0.25) is 0 Å². The largest absolute Gasteiger partial charge is 0.493 e. The summed E-state index contributed by atoms with van der Waals surface area (Å²) in [5.74, 6) is 1.59. The maximum absolute atomic E-state index is 12.2. The van der Waals surface area contributed by atoms with Crippen molar-refractivity contribution in [1.29, 1.82) is 0 Å². The maximum Gasteiger partial charge on any atom is 0.164 e. The number of methoxy groups -OCH3 is 1. The van der Waals surface area contributed by atoms with E-state index in [0.717, 1.165) is 42.8 Å². The van der Waals surface area contributed by atoms with E-state index in [4.69, 9.17) is 9.47 Å². The predicted molar refractivity (Wildman–Crippen MR) is 128 cm³/mol. The summed E-state index contributed by atoms with van der Waals surface area (Å²) >= 11 is 0. The van der Waals surface area contributed by atoms with Crippen molar-refractivity contribution in [3.8, 4) is 11.5 Å². The molecule has 33 heavy (non-hydrogen) atoms. The van der Waals surface area contributed by atoms with E-state index in [1.807, 2.05) is 36.4 Å². The van der Waals surface area contributed by atoms with Crippen molar-refractivity contribution in [3.63, 3.8) is 0 Å². The molecule has 3 aromatic rings. The van der Waals surface area contributed by atoms with Crippen molar-refractivity contribution >= 4 is 11.5 Å². The minimum absolute atomic E-state index is 0.00469. The second-order valence-corrected chi connectivity index (χ2v) is 8.54. The summed E-state index contributed by atoms with van der Waals surface area (Å²) in [6.07, 6.45) is 7.88. The predicted octanol–water partition coefficient (Wildman–Crippen LogP) is 5.80. The molecule has 0 aliphatic heterocycles. The van der Waals surface area contributed by atoms with Crippen molar-refractivity contribution in [1.82, 2.24) is 4.98 Å². The van der Waals surface area contributed by atoms with Crippen LogP contribution in [0.5, 0.6) is 11.5 Å². The van der Waals surface area contributed by atoms with E-state index in [1.54, 1.807) is 19.4 Å². The number of carbonyl (C=O) groups excluding carboxylic acids is 1. The molecule has 5 rings (SSSR count). The minimum Gasteiger partial charge on any atom is -0.493 e. The normalized spacial score (nSPS) is 17.3. The highest BCUT2D eigenvalue weighted by Gasteiger charge is 2.26. The number of fused-ring (bicyclic) bond motifs is 1. The Labute approximate surface area is 194 Å². The Bertz CT molecular complexity index is 1170. The van der Waals surface area contributed by atoms with Crippen molar-refractivity contribution in [2.75, 3.05) is 12.0 Å². The Morgan fingerprint density at radius 2 is 1.88 bits per heavy atom. The van der Waals surface area contributed by atoms with Crippen molar-refractivity contribution in [2.45, 2.75) is 44.8 Å². The molecule has 2 aliphatic carbocycles. The van der Waals surface area contributed by atoms with Gasteiger partial charge in [0.05, 0.1) is 19.3 Å². The zero-order valence-corrected chi connectivity index (χ0v) is 18.9. The molecule has 0 amide bonds. The van der Waals surface area contributed by atoms with E-state index < -0.39 is 0 Å². The zero-order valence-electron chi connectivity index (χ0n) is 18.9. The fraction of sp³-hybridized carbons (Fsp3) is 0.286. The van der Waals surface area contributed by atoms with Gasteiger partial charge in [0.1, 0.15) is 6.10 Å². The van der Waals surface area contributed by atoms with Gasteiger partial charge in [0.2, 0.25) is 0 Å². The van der Waals surface area contributed by atoms with Gasteiger partial charge in [-0.2, -0.15) is 0 Å². The number of nitrogens with zero attached hydrogens (tertiary/aromatic N) is 2. The number of allylic oxidation sites excluding steroid dienone is 2. The van der Waals surface area contributed by atoms with E-state index in [0.29, 0.717) is 24.5 Å². The van der Waals surface area contributed by atoms with Gasteiger partial charge in [-0.1, -0.05) is 30.3 Å². The average molecular weight is 441 g/mol. The van der Waals surface area contributed by atoms with Crippen LogP contribution in [-0.4, -0.2) is 17.9 Å². The monoisotopic (exact) mass is 440 g/mol. The summed E-state index contributed by atoms with van der Waals surface area (Å²) in [7, 11) is 1.67. The van der Waals surface area contributed by atoms with Gasteiger partial charge in [0, 0.05) is 36.1 Å². The lowest BCUT2D eigenvalue weighted by Crippen LogP contribution is -2.25. The highest BCUT2D eigenvalue weighted by molar-refractivity contribution is 5.91. The number of aromatic nitrogens is 1. The van der Waals surface area contributed by atoms with E-state index in [1.165, 1.54) is 11.1 Å². The van der Waals surface area contributed by atoms with Crippen LogP contribution in [0.1, 0.15) is 48.6 Å². The molecule has 5 heteroatoms. The molecular weight excluding hydrogens is 412 g/mol. The van der Waals surface area contributed by atoms with Crippen molar-refractivity contribution < 1.29 is 14.3 Å². The number of benzene rings is 2. The number of ketones is 1. The Morgan fingerprint density at radius 1 is 1.00 bits per heavy atom. The Kier molecular flexibility index (Phi) is 6.11. The molecular formula is C28H28N2O3. The Hall–Kier alpha value is -3.60. The molecule has 2 aromatic carbocycles. The number of rotatable bonds is 7. The first-order valence-electron chi connectivity index (χ1n) is 11.5. The van der Waals surface area contributed by atoms with Crippen LogP contribution in [-0.2, 0) is 17.8 Å². The molecule has 0 radical (unpaired) electrons. The number of carbonyl (C=O) groups is 1. The van der Waals surface area contributed by atoms with Crippen LogP contribution < -0.4 is 14.4 Å². The molecule has 0 spiro atoms. The summed E-state index contributed by atoms with van der Waals surface area (Å²) in [6.45, 7) is 0.581. The minimum atomic E-state index is 0.00469. The lowest BCUT2D eigenvalue weighted by Gasteiger charge is -2.30. The van der Waals surface area contributed by atoms with Crippen LogP contribution in [0.25, 0.3) is 0 Å². The summed E-state index contributed by atoms with van der Waals surface area (Å²) in [5, 5.41) is 0. The topological polar surface area (TPSA) is 51.7 Å². The highest BCUT2D eigenvalue weighted by atomic mass is 16.5. The Morgan fingerprint density at radius 3 is 2.70 bits per heavy atom. The van der Waals surface area contributed by atoms with E-state index in [2.05, 4.69) is 34.1 Å². The second kappa shape index (κ2) is 9.49. The quantitative estimate of drug-likeness (QED) is 0.465. The van der Waals surface area contributed by atoms with Gasteiger partial charge in [-0.3, -0.25) is 9.78 Å². The van der Waals surface area contributed by atoms with Crippen LogP contribution in [0.15, 0.2) is 78.6 Å². The molecule has 1 aromatic heterocycles. The molecule has 0 saturated carbocycles. The van der Waals surface area contributed by atoms with E-state index in [-0.39, 0.29) is 11.9 Å². The first kappa shape index (κ1) is 21.3. The van der Waals surface area contributed by atoms with Gasteiger partial charge in [-0.25, -0.2) is 0 Å². The van der Waals surface area contributed by atoms with Crippen LogP contribution in [0, 0.1) is 0 Å². The first-order chi connectivity index (χ1) is 16.2. The van der Waals surface area contributed by atoms with Gasteiger partial charge in [0.25, 0.3) is 0 Å². The molecule has 168 valence electrons. The third kappa shape index (κ3) is 4.63. The molecule has 0 N–H and O–H groups in total. The fourth-order valence-electron chi connectivity index (χ4n) is 4.72. The molecule has 2 aliphatic rings. The lowest BCUT2D eigenvalue weighted by molar-refractivity contribution is -0.115. The summed E-state index contributed by atoms with van der Waals surface area (Å²) in [4.78, 5) is 18.9. The van der Waals surface area contributed by atoms with Crippen molar-refractivity contribution in [2.24, 2.45) is 0 Å². The lowest BCUT2D eigenvalue weighted by atomic mass is 10.0. The van der Waals surface area contributed by atoms with Crippen LogP contribution in [0.4, 0.5) is 5.69 Å². The van der Waals surface area contributed by atoms with Gasteiger partial charge < -0.3 is 14.4 Å². The molecule has 1 atom stereocenters. The fourth-order valence-corrected chi connectivity index (χ4v) is 4.72. The number of ether oxygens (including phenoxy) is 2. The number of hydrogen-bond donors (Lipinski definition) is 0. The highest BCUT2D eigenvalue weighted by Crippen LogP contribution is 2.41. The van der Waals surface area contributed by atoms with Crippen LogP contribution in [0.3, 0.4) is 0 Å². The molecule has 0 saturated heterocycles. The van der Waals surface area contributed by atoms with Gasteiger partial charge in [0.15, 0.2) is 17.3 Å². The second-order valence-electron chi connectivity index (χ2n) is 8.54. The number of hydrogen-bond acceptors (Lipinski definition) is 5. The molecule has 1 unspecified atom stereocenters. The molecule has 1 heterocycles. The van der Waals surface area contributed by atoms with Crippen LogP contribution >= 0.6 is 0 Å². The Balaban J connectivity index is 1.49. The number of anilines is 1. The summed E-state index contributed by atoms with van der Waals surface area (Å²) < 4.78 is 12.2. The third-order valence-corrected chi connectivity index (χ3v) is 6.38.